The highest BCUT2D eigenvalue weighted by Crippen LogP contribution is 2.39. The fraction of sp³-hybridized carbons (Fsp3) is 0.474. The zero-order valence-corrected chi connectivity index (χ0v) is 14.1. The third-order valence-electron chi connectivity index (χ3n) is 4.42. The number of ketones is 2. The molecule has 22 heavy (non-hydrogen) atoms. The van der Waals surface area contributed by atoms with Crippen molar-refractivity contribution >= 4 is 17.1 Å². The molecule has 1 aromatic rings. The number of ether oxygens (including phenoxy) is 1. The van der Waals surface area contributed by atoms with E-state index in [0.717, 1.165) is 46.4 Å². The van der Waals surface area contributed by atoms with E-state index in [1.54, 1.807) is 7.11 Å². The normalized spacial score (nSPS) is 15.2. The molecule has 0 fully saturated rings. The number of Topliss-reactive ketones (excluding diaryl/α,β-unsaturated/α-hetero) is 2. The first kappa shape index (κ1) is 16.5. The Morgan fingerprint density at radius 1 is 1.18 bits per heavy atom. The Balaban J connectivity index is 2.77. The lowest BCUT2D eigenvalue weighted by atomic mass is 9.80. The standard InChI is InChI=1S/C19H24O3/c1-6-15(20)18-14(8-7-9-16(18)21)17-11(2)10-12(3)19(22-5)13(17)4/h10H,6-9H2,1-5H3. The fourth-order valence-corrected chi connectivity index (χ4v) is 3.54. The van der Waals surface area contributed by atoms with E-state index in [2.05, 4.69) is 6.07 Å². The first-order valence-electron chi connectivity index (χ1n) is 7.87. The van der Waals surface area contributed by atoms with Gasteiger partial charge >= 0.3 is 0 Å². The predicted molar refractivity (Wildman–Crippen MR) is 88.3 cm³/mol. The van der Waals surface area contributed by atoms with Gasteiger partial charge in [0, 0.05) is 12.8 Å². The molecule has 3 nitrogen and oxygen atoms in total. The number of carbonyl (C=O) groups excluding carboxylic acids is 2. The van der Waals surface area contributed by atoms with Crippen molar-refractivity contribution in [3.63, 3.8) is 0 Å². The summed E-state index contributed by atoms with van der Waals surface area (Å²) in [6.07, 6.45) is 2.43. The van der Waals surface area contributed by atoms with Crippen LogP contribution in [0.1, 0.15) is 54.9 Å². The SMILES string of the molecule is CCC(=O)C1=C(c2c(C)cc(C)c(OC)c2C)CCCC1=O. The highest BCUT2D eigenvalue weighted by Gasteiger charge is 2.28. The van der Waals surface area contributed by atoms with E-state index in [0.29, 0.717) is 18.4 Å². The Morgan fingerprint density at radius 3 is 2.45 bits per heavy atom. The van der Waals surface area contributed by atoms with Gasteiger partial charge in [0.15, 0.2) is 11.6 Å². The highest BCUT2D eigenvalue weighted by atomic mass is 16.5. The number of benzene rings is 1. The first-order chi connectivity index (χ1) is 10.4. The molecular formula is C19H24O3. The van der Waals surface area contributed by atoms with E-state index in [9.17, 15) is 9.59 Å². The second-order valence-electron chi connectivity index (χ2n) is 5.95. The van der Waals surface area contributed by atoms with E-state index in [-0.39, 0.29) is 11.6 Å². The van der Waals surface area contributed by atoms with Crippen molar-refractivity contribution in [2.45, 2.75) is 53.4 Å². The summed E-state index contributed by atoms with van der Waals surface area (Å²) in [5, 5.41) is 0. The summed E-state index contributed by atoms with van der Waals surface area (Å²) in [5.41, 5.74) is 5.55. The van der Waals surface area contributed by atoms with Crippen molar-refractivity contribution in [2.24, 2.45) is 0 Å². The first-order valence-corrected chi connectivity index (χ1v) is 7.87. The van der Waals surface area contributed by atoms with Gasteiger partial charge in [-0.2, -0.15) is 0 Å². The molecule has 0 saturated carbocycles. The van der Waals surface area contributed by atoms with E-state index in [1.165, 1.54) is 0 Å². The molecule has 2 rings (SSSR count). The quantitative estimate of drug-likeness (QED) is 0.786. The van der Waals surface area contributed by atoms with E-state index < -0.39 is 0 Å². The van der Waals surface area contributed by atoms with Crippen LogP contribution in [0.5, 0.6) is 5.75 Å². The molecule has 1 aliphatic carbocycles. The Hall–Kier alpha value is -1.90. The minimum absolute atomic E-state index is 0.00792. The van der Waals surface area contributed by atoms with Crippen LogP contribution in [0.4, 0.5) is 0 Å². The molecule has 0 heterocycles. The molecule has 0 N–H and O–H groups in total. The minimum Gasteiger partial charge on any atom is -0.496 e. The molecule has 0 bridgehead atoms. The van der Waals surface area contributed by atoms with Gasteiger partial charge in [-0.3, -0.25) is 9.59 Å². The van der Waals surface area contributed by atoms with Gasteiger partial charge in [-0.1, -0.05) is 13.0 Å². The maximum Gasteiger partial charge on any atom is 0.166 e. The van der Waals surface area contributed by atoms with Crippen LogP contribution >= 0.6 is 0 Å². The van der Waals surface area contributed by atoms with Crippen molar-refractivity contribution in [1.82, 2.24) is 0 Å². The lowest BCUT2D eigenvalue weighted by Crippen LogP contribution is -2.19. The molecule has 0 unspecified atom stereocenters. The average molecular weight is 300 g/mol. The van der Waals surface area contributed by atoms with E-state index in [1.807, 2.05) is 27.7 Å². The van der Waals surface area contributed by atoms with Gasteiger partial charge in [-0.25, -0.2) is 0 Å². The van der Waals surface area contributed by atoms with Crippen LogP contribution in [0.3, 0.4) is 0 Å². The largest absolute Gasteiger partial charge is 0.496 e. The van der Waals surface area contributed by atoms with Crippen LogP contribution in [0, 0.1) is 20.8 Å². The summed E-state index contributed by atoms with van der Waals surface area (Å²) in [5.74, 6) is 0.791. The topological polar surface area (TPSA) is 43.4 Å². The zero-order chi connectivity index (χ0) is 16.4. The summed E-state index contributed by atoms with van der Waals surface area (Å²) >= 11 is 0. The monoisotopic (exact) mass is 300 g/mol. The smallest absolute Gasteiger partial charge is 0.166 e. The lowest BCUT2D eigenvalue weighted by Gasteiger charge is -2.23. The summed E-state index contributed by atoms with van der Waals surface area (Å²) in [4.78, 5) is 24.6. The van der Waals surface area contributed by atoms with Crippen LogP contribution in [0.2, 0.25) is 0 Å². The molecule has 0 amide bonds. The molecule has 1 aromatic carbocycles. The number of aryl methyl sites for hydroxylation is 2. The van der Waals surface area contributed by atoms with Crippen LogP contribution in [0.15, 0.2) is 11.6 Å². The molecule has 0 radical (unpaired) electrons. The van der Waals surface area contributed by atoms with Gasteiger partial charge in [0.05, 0.1) is 12.7 Å². The molecule has 0 spiro atoms. The molecule has 0 saturated heterocycles. The summed E-state index contributed by atoms with van der Waals surface area (Å²) in [6, 6.07) is 2.07. The molecule has 118 valence electrons. The summed E-state index contributed by atoms with van der Waals surface area (Å²) < 4.78 is 5.52. The summed E-state index contributed by atoms with van der Waals surface area (Å²) in [6.45, 7) is 7.87. The number of methoxy groups -OCH3 is 1. The van der Waals surface area contributed by atoms with Gasteiger partial charge in [-0.05, 0) is 61.4 Å². The van der Waals surface area contributed by atoms with Crippen molar-refractivity contribution < 1.29 is 14.3 Å². The summed E-state index contributed by atoms with van der Waals surface area (Å²) in [7, 11) is 1.66. The lowest BCUT2D eigenvalue weighted by molar-refractivity contribution is -0.121. The Morgan fingerprint density at radius 2 is 1.86 bits per heavy atom. The predicted octanol–water partition coefficient (Wildman–Crippen LogP) is 4.11. The van der Waals surface area contributed by atoms with E-state index >= 15 is 0 Å². The number of hydrogen-bond donors (Lipinski definition) is 0. The van der Waals surface area contributed by atoms with E-state index in [4.69, 9.17) is 4.74 Å². The van der Waals surface area contributed by atoms with Crippen LogP contribution in [0.25, 0.3) is 5.57 Å². The second-order valence-corrected chi connectivity index (χ2v) is 5.95. The Bertz CT molecular complexity index is 666. The second kappa shape index (κ2) is 6.47. The molecule has 1 aliphatic rings. The van der Waals surface area contributed by atoms with Crippen molar-refractivity contribution in [3.05, 3.63) is 33.9 Å². The Kier molecular flexibility index (Phi) is 4.84. The average Bonchev–Trinajstić information content (AvgIpc) is 2.46. The van der Waals surface area contributed by atoms with Crippen molar-refractivity contribution in [2.75, 3.05) is 7.11 Å². The zero-order valence-electron chi connectivity index (χ0n) is 14.1. The number of hydrogen-bond acceptors (Lipinski definition) is 3. The third kappa shape index (κ3) is 2.72. The molecule has 0 atom stereocenters. The molecule has 0 aromatic heterocycles. The molecular weight excluding hydrogens is 276 g/mol. The number of allylic oxidation sites excluding steroid dienone is 2. The van der Waals surface area contributed by atoms with Crippen molar-refractivity contribution in [3.8, 4) is 5.75 Å². The number of carbonyl (C=O) groups is 2. The van der Waals surface area contributed by atoms with Gasteiger partial charge in [0.2, 0.25) is 0 Å². The van der Waals surface area contributed by atoms with Crippen LogP contribution < -0.4 is 4.74 Å². The van der Waals surface area contributed by atoms with Crippen LogP contribution in [-0.4, -0.2) is 18.7 Å². The maximum atomic E-state index is 12.3. The van der Waals surface area contributed by atoms with Gasteiger partial charge in [0.1, 0.15) is 5.75 Å². The maximum absolute atomic E-state index is 12.3. The number of rotatable bonds is 4. The van der Waals surface area contributed by atoms with Crippen molar-refractivity contribution in [1.29, 1.82) is 0 Å². The van der Waals surface area contributed by atoms with Gasteiger partial charge in [0.25, 0.3) is 0 Å². The van der Waals surface area contributed by atoms with Gasteiger partial charge < -0.3 is 4.74 Å². The Labute approximate surface area is 132 Å². The van der Waals surface area contributed by atoms with Crippen LogP contribution in [-0.2, 0) is 9.59 Å². The molecule has 3 heteroatoms. The minimum atomic E-state index is -0.0435. The van der Waals surface area contributed by atoms with Gasteiger partial charge in [-0.15, -0.1) is 0 Å². The third-order valence-corrected chi connectivity index (χ3v) is 4.42. The molecule has 0 aliphatic heterocycles. The highest BCUT2D eigenvalue weighted by molar-refractivity contribution is 6.26. The fourth-order valence-electron chi connectivity index (χ4n) is 3.54.